The lowest BCUT2D eigenvalue weighted by Gasteiger charge is -2.19. The van der Waals surface area contributed by atoms with Crippen molar-refractivity contribution in [3.63, 3.8) is 0 Å². The molecule has 10 heavy (non-hydrogen) atoms. The van der Waals surface area contributed by atoms with Gasteiger partial charge in [-0.2, -0.15) is 0 Å². The van der Waals surface area contributed by atoms with E-state index in [0.717, 1.165) is 6.54 Å². The van der Waals surface area contributed by atoms with E-state index < -0.39 is 0 Å². The second kappa shape index (κ2) is 5.62. The van der Waals surface area contributed by atoms with Crippen LogP contribution in [0.5, 0.6) is 0 Å². The number of halogens is 1. The van der Waals surface area contributed by atoms with Crippen molar-refractivity contribution in [3.05, 3.63) is 0 Å². The largest absolute Gasteiger partial charge is 0.392 e. The molecule has 1 N–H and O–H groups in total. The van der Waals surface area contributed by atoms with Gasteiger partial charge in [-0.05, 0) is 13.5 Å². The molecule has 2 nitrogen and oxygen atoms in total. The molecule has 3 heteroatoms. The van der Waals surface area contributed by atoms with Gasteiger partial charge in [0.1, 0.15) is 6.67 Å². The highest BCUT2D eigenvalue weighted by Gasteiger charge is 2.04. The number of aliphatic hydroxyl groups excluding tert-OH is 1. The Balaban J connectivity index is 3.39. The summed E-state index contributed by atoms with van der Waals surface area (Å²) in [5, 5.41) is 8.92. The fourth-order valence-electron chi connectivity index (χ4n) is 0.872. The first-order valence-corrected chi connectivity index (χ1v) is 3.67. The number of rotatable bonds is 5. The van der Waals surface area contributed by atoms with E-state index in [1.807, 2.05) is 11.8 Å². The molecule has 0 aromatic rings. The Bertz CT molecular complexity index is 78.0. The number of hydrogen-bond donors (Lipinski definition) is 1. The minimum absolute atomic E-state index is 0.333. The Labute approximate surface area is 61.6 Å². The number of alkyl halides is 1. The molecule has 0 aliphatic rings. The molecule has 0 radical (unpaired) electrons. The summed E-state index contributed by atoms with van der Waals surface area (Å²) in [6.45, 7) is 5.14. The SMILES string of the molecule is CCN(CCF)C[C@H](C)O. The summed E-state index contributed by atoms with van der Waals surface area (Å²) in [6.07, 6.45) is -0.355. The maximum absolute atomic E-state index is 11.8. The normalized spacial score (nSPS) is 14.1. The molecule has 0 rings (SSSR count). The van der Waals surface area contributed by atoms with Crippen LogP contribution in [0.2, 0.25) is 0 Å². The van der Waals surface area contributed by atoms with Gasteiger partial charge in [0.2, 0.25) is 0 Å². The van der Waals surface area contributed by atoms with Gasteiger partial charge in [0, 0.05) is 13.1 Å². The van der Waals surface area contributed by atoms with E-state index in [4.69, 9.17) is 5.11 Å². The molecule has 0 aromatic carbocycles. The minimum atomic E-state index is -0.355. The summed E-state index contributed by atoms with van der Waals surface area (Å²) in [4.78, 5) is 1.88. The van der Waals surface area contributed by atoms with Gasteiger partial charge in [-0.1, -0.05) is 6.92 Å². The third kappa shape index (κ3) is 4.70. The standard InChI is InChI=1S/C7H16FNO/c1-3-9(5-4-8)6-7(2)10/h7,10H,3-6H2,1-2H3/t7-/m0/s1. The lowest BCUT2D eigenvalue weighted by Crippen LogP contribution is -2.32. The van der Waals surface area contributed by atoms with Gasteiger partial charge in [0.25, 0.3) is 0 Å². The van der Waals surface area contributed by atoms with E-state index in [-0.39, 0.29) is 12.8 Å². The van der Waals surface area contributed by atoms with Crippen LogP contribution in [0.4, 0.5) is 4.39 Å². The van der Waals surface area contributed by atoms with Crippen molar-refractivity contribution >= 4 is 0 Å². The number of hydrogen-bond acceptors (Lipinski definition) is 2. The molecule has 0 heterocycles. The van der Waals surface area contributed by atoms with Crippen molar-refractivity contribution in [3.8, 4) is 0 Å². The van der Waals surface area contributed by atoms with Crippen LogP contribution in [0.15, 0.2) is 0 Å². The van der Waals surface area contributed by atoms with E-state index in [2.05, 4.69) is 0 Å². The highest BCUT2D eigenvalue weighted by atomic mass is 19.1. The Morgan fingerprint density at radius 3 is 2.50 bits per heavy atom. The van der Waals surface area contributed by atoms with Crippen molar-refractivity contribution < 1.29 is 9.50 Å². The lowest BCUT2D eigenvalue weighted by atomic mass is 10.3. The molecular formula is C7H16FNO. The second-order valence-corrected chi connectivity index (χ2v) is 2.43. The first-order chi connectivity index (χ1) is 4.70. The molecule has 0 spiro atoms. The molecule has 0 bridgehead atoms. The summed E-state index contributed by atoms with van der Waals surface area (Å²) in [7, 11) is 0. The van der Waals surface area contributed by atoms with Crippen LogP contribution in [0.1, 0.15) is 13.8 Å². The van der Waals surface area contributed by atoms with Gasteiger partial charge in [-0.25, -0.2) is 4.39 Å². The van der Waals surface area contributed by atoms with Gasteiger partial charge in [-0.3, -0.25) is 4.90 Å². The molecule has 1 atom stereocenters. The van der Waals surface area contributed by atoms with Crippen LogP contribution in [0, 0.1) is 0 Å². The second-order valence-electron chi connectivity index (χ2n) is 2.43. The highest BCUT2D eigenvalue weighted by Crippen LogP contribution is 1.90. The first kappa shape index (κ1) is 9.85. The zero-order valence-corrected chi connectivity index (χ0v) is 6.68. The predicted molar refractivity (Wildman–Crippen MR) is 39.8 cm³/mol. The summed E-state index contributed by atoms with van der Waals surface area (Å²) in [6, 6.07) is 0. The fourth-order valence-corrected chi connectivity index (χ4v) is 0.872. The van der Waals surface area contributed by atoms with Gasteiger partial charge in [0.15, 0.2) is 0 Å². The van der Waals surface area contributed by atoms with Crippen molar-refractivity contribution in [1.82, 2.24) is 4.90 Å². The van der Waals surface area contributed by atoms with Crippen LogP contribution in [-0.2, 0) is 0 Å². The van der Waals surface area contributed by atoms with Crippen LogP contribution in [0.25, 0.3) is 0 Å². The summed E-state index contributed by atoms with van der Waals surface area (Å²) in [5.41, 5.74) is 0. The third-order valence-corrected chi connectivity index (χ3v) is 1.37. The molecule has 0 aromatic heterocycles. The smallest absolute Gasteiger partial charge is 0.102 e. The summed E-state index contributed by atoms with van der Waals surface area (Å²) in [5.74, 6) is 0. The zero-order chi connectivity index (χ0) is 7.98. The van der Waals surface area contributed by atoms with Crippen molar-refractivity contribution in [2.45, 2.75) is 20.0 Å². The first-order valence-electron chi connectivity index (χ1n) is 3.67. The topological polar surface area (TPSA) is 23.5 Å². The molecule has 0 saturated carbocycles. The molecular weight excluding hydrogens is 133 g/mol. The zero-order valence-electron chi connectivity index (χ0n) is 6.68. The quantitative estimate of drug-likeness (QED) is 0.620. The molecule has 0 aliphatic heterocycles. The van der Waals surface area contributed by atoms with Crippen molar-refractivity contribution in [1.29, 1.82) is 0 Å². The Morgan fingerprint density at radius 1 is 1.60 bits per heavy atom. The number of aliphatic hydroxyl groups is 1. The molecule has 0 fully saturated rings. The Hall–Kier alpha value is -0.150. The summed E-state index contributed by atoms with van der Waals surface area (Å²) < 4.78 is 11.8. The van der Waals surface area contributed by atoms with Gasteiger partial charge in [0.05, 0.1) is 6.10 Å². The molecule has 62 valence electrons. The third-order valence-electron chi connectivity index (χ3n) is 1.37. The van der Waals surface area contributed by atoms with E-state index in [1.54, 1.807) is 6.92 Å². The Kier molecular flexibility index (Phi) is 5.54. The predicted octanol–water partition coefficient (Wildman–Crippen LogP) is 0.659. The van der Waals surface area contributed by atoms with Crippen LogP contribution in [0.3, 0.4) is 0 Å². The van der Waals surface area contributed by atoms with E-state index >= 15 is 0 Å². The van der Waals surface area contributed by atoms with Crippen LogP contribution < -0.4 is 0 Å². The minimum Gasteiger partial charge on any atom is -0.392 e. The van der Waals surface area contributed by atoms with Gasteiger partial charge < -0.3 is 5.11 Å². The monoisotopic (exact) mass is 149 g/mol. The van der Waals surface area contributed by atoms with E-state index in [0.29, 0.717) is 13.1 Å². The number of likely N-dealkylation sites (N-methyl/N-ethyl adjacent to an activating group) is 1. The van der Waals surface area contributed by atoms with Crippen molar-refractivity contribution in [2.24, 2.45) is 0 Å². The van der Waals surface area contributed by atoms with Crippen LogP contribution >= 0.6 is 0 Å². The maximum atomic E-state index is 11.8. The van der Waals surface area contributed by atoms with Crippen LogP contribution in [-0.4, -0.2) is 42.4 Å². The summed E-state index contributed by atoms with van der Waals surface area (Å²) >= 11 is 0. The molecule has 0 aliphatic carbocycles. The lowest BCUT2D eigenvalue weighted by molar-refractivity contribution is 0.125. The molecule has 0 amide bonds. The van der Waals surface area contributed by atoms with Gasteiger partial charge >= 0.3 is 0 Å². The van der Waals surface area contributed by atoms with E-state index in [1.165, 1.54) is 0 Å². The average Bonchev–Trinajstić information content (AvgIpc) is 1.86. The van der Waals surface area contributed by atoms with Gasteiger partial charge in [-0.15, -0.1) is 0 Å². The van der Waals surface area contributed by atoms with Crippen molar-refractivity contribution in [2.75, 3.05) is 26.3 Å². The highest BCUT2D eigenvalue weighted by molar-refractivity contribution is 4.57. The number of nitrogens with zero attached hydrogens (tertiary/aromatic N) is 1. The molecule has 0 saturated heterocycles. The average molecular weight is 149 g/mol. The maximum Gasteiger partial charge on any atom is 0.102 e. The molecule has 0 unspecified atom stereocenters. The fraction of sp³-hybridized carbons (Fsp3) is 1.00. The van der Waals surface area contributed by atoms with E-state index in [9.17, 15) is 4.39 Å². The Morgan fingerprint density at radius 2 is 2.20 bits per heavy atom.